The van der Waals surface area contributed by atoms with Gasteiger partial charge in [0.15, 0.2) is 11.1 Å². The summed E-state index contributed by atoms with van der Waals surface area (Å²) in [6.07, 6.45) is 5.65. The molecule has 5 N–H and O–H groups in total. The summed E-state index contributed by atoms with van der Waals surface area (Å²) in [7, 11) is 3.45. The number of aromatic nitrogens is 1. The number of anilines is 1. The predicted molar refractivity (Wildman–Crippen MR) is 102 cm³/mol. The van der Waals surface area contributed by atoms with Crippen molar-refractivity contribution in [2.75, 3.05) is 39.2 Å². The first kappa shape index (κ1) is 20.7. The van der Waals surface area contributed by atoms with Gasteiger partial charge in [-0.25, -0.2) is 4.98 Å². The van der Waals surface area contributed by atoms with E-state index in [1.807, 2.05) is 12.4 Å². The van der Waals surface area contributed by atoms with Crippen molar-refractivity contribution in [2.45, 2.75) is 25.7 Å². The molecule has 10 heteroatoms. The van der Waals surface area contributed by atoms with E-state index in [0.717, 1.165) is 43.1 Å². The molecule has 0 aromatic carbocycles. The van der Waals surface area contributed by atoms with Crippen LogP contribution in [-0.4, -0.2) is 55.7 Å². The average molecular weight is 366 g/mol. The lowest BCUT2D eigenvalue weighted by molar-refractivity contribution is 0.208. The number of aliphatic imine (C=N–C) groups is 2. The topological polar surface area (TPSA) is 138 Å². The Morgan fingerprint density at radius 2 is 2.24 bits per heavy atom. The molecule has 1 rings (SSSR count). The Kier molecular flexibility index (Phi) is 9.96. The fraction of sp³-hybridized carbons (Fsp3) is 0.600. The molecule has 138 valence electrons. The van der Waals surface area contributed by atoms with E-state index in [4.69, 9.17) is 21.5 Å². The van der Waals surface area contributed by atoms with Crippen molar-refractivity contribution in [1.82, 2.24) is 9.88 Å². The number of rotatable bonds is 10. The number of hydrogen-bond acceptors (Lipinski definition) is 6. The molecular weight excluding hydrogens is 340 g/mol. The molecule has 1 aromatic heterocycles. The van der Waals surface area contributed by atoms with Crippen molar-refractivity contribution in [3.05, 3.63) is 11.1 Å². The first-order chi connectivity index (χ1) is 12.1. The molecule has 25 heavy (non-hydrogen) atoms. The number of methoxy groups -OCH3 is 1. The lowest BCUT2D eigenvalue weighted by Crippen LogP contribution is -2.34. The molecule has 0 aliphatic heterocycles. The Bertz CT molecular complexity index is 607. The molecule has 0 radical (unpaired) electrons. The van der Waals surface area contributed by atoms with Crippen molar-refractivity contribution in [1.29, 1.82) is 5.26 Å². The van der Waals surface area contributed by atoms with Crippen molar-refractivity contribution >= 4 is 28.4 Å². The molecule has 0 amide bonds. The minimum absolute atomic E-state index is 0.252. The van der Waals surface area contributed by atoms with Gasteiger partial charge in [0.05, 0.1) is 18.8 Å². The van der Waals surface area contributed by atoms with Gasteiger partial charge in [-0.15, -0.1) is 16.3 Å². The lowest BCUT2D eigenvalue weighted by atomic mass is 10.1. The quantitative estimate of drug-likeness (QED) is 0.242. The van der Waals surface area contributed by atoms with Gasteiger partial charge in [0.25, 0.3) is 0 Å². The van der Waals surface area contributed by atoms with Crippen LogP contribution in [0.4, 0.5) is 5.13 Å². The summed E-state index contributed by atoms with van der Waals surface area (Å²) >= 11 is 1.51. The maximum Gasteiger partial charge on any atom is 0.209 e. The van der Waals surface area contributed by atoms with Gasteiger partial charge in [0, 0.05) is 26.1 Å². The summed E-state index contributed by atoms with van der Waals surface area (Å²) in [5.74, 6) is 0.597. The Morgan fingerprint density at radius 3 is 2.96 bits per heavy atom. The van der Waals surface area contributed by atoms with E-state index in [-0.39, 0.29) is 5.96 Å². The zero-order valence-corrected chi connectivity index (χ0v) is 15.6. The largest absolute Gasteiger partial charge is 0.383 e. The number of nitriles is 1. The summed E-state index contributed by atoms with van der Waals surface area (Å²) in [5.41, 5.74) is 12.4. The number of nitrogens with two attached hydrogens (primary N) is 2. The molecule has 0 atom stereocenters. The van der Waals surface area contributed by atoms with Gasteiger partial charge in [-0.1, -0.05) is 6.42 Å². The second-order valence-corrected chi connectivity index (χ2v) is 6.19. The number of nitrogens with one attached hydrogen (secondary N) is 1. The van der Waals surface area contributed by atoms with Crippen molar-refractivity contribution < 1.29 is 4.74 Å². The van der Waals surface area contributed by atoms with E-state index >= 15 is 0 Å². The van der Waals surface area contributed by atoms with Crippen LogP contribution in [-0.2, 0) is 11.2 Å². The summed E-state index contributed by atoms with van der Waals surface area (Å²) in [4.78, 5) is 13.9. The van der Waals surface area contributed by atoms with E-state index in [1.165, 1.54) is 11.3 Å². The summed E-state index contributed by atoms with van der Waals surface area (Å²) in [6, 6.07) is 0. The first-order valence-electron chi connectivity index (χ1n) is 8.00. The van der Waals surface area contributed by atoms with Gasteiger partial charge in [-0.3, -0.25) is 4.99 Å². The smallest absolute Gasteiger partial charge is 0.209 e. The molecule has 0 aliphatic rings. The zero-order valence-electron chi connectivity index (χ0n) is 14.7. The van der Waals surface area contributed by atoms with Crippen LogP contribution in [0, 0.1) is 11.5 Å². The number of aryl methyl sites for hydroxylation is 1. The van der Waals surface area contributed by atoms with Gasteiger partial charge in [-0.05, 0) is 19.3 Å². The number of unbranched alkanes of at least 4 members (excludes halogenated alkanes) is 2. The highest BCUT2D eigenvalue weighted by molar-refractivity contribution is 7.13. The summed E-state index contributed by atoms with van der Waals surface area (Å²) < 4.78 is 4.92. The van der Waals surface area contributed by atoms with Gasteiger partial charge in [0.1, 0.15) is 0 Å². The second-order valence-electron chi connectivity index (χ2n) is 5.33. The number of thiazole rings is 1. The highest BCUT2D eigenvalue weighted by Gasteiger charge is 2.04. The molecule has 0 fully saturated rings. The fourth-order valence-electron chi connectivity index (χ4n) is 1.97. The van der Waals surface area contributed by atoms with Crippen LogP contribution in [0.15, 0.2) is 15.4 Å². The second kappa shape index (κ2) is 12.0. The SMILES string of the molecule is COCCN=C(N)Nc1nc(CCCCCN(C)C(N)=NC#N)cs1. The minimum atomic E-state index is 0.252. The molecule has 9 nitrogen and oxygen atoms in total. The third-order valence-corrected chi connectivity index (χ3v) is 4.15. The average Bonchev–Trinajstić information content (AvgIpc) is 3.02. The van der Waals surface area contributed by atoms with E-state index in [9.17, 15) is 0 Å². The highest BCUT2D eigenvalue weighted by atomic mass is 32.1. The Balaban J connectivity index is 2.24. The first-order valence-corrected chi connectivity index (χ1v) is 8.88. The summed E-state index contributed by atoms with van der Waals surface area (Å²) in [5, 5.41) is 14.2. The molecule has 1 aromatic rings. The Hall–Kier alpha value is -2.38. The van der Waals surface area contributed by atoms with Crippen LogP contribution in [0.5, 0.6) is 0 Å². The number of guanidine groups is 2. The number of hydrogen-bond donors (Lipinski definition) is 3. The molecule has 0 bridgehead atoms. The van der Waals surface area contributed by atoms with E-state index in [1.54, 1.807) is 18.2 Å². The molecule has 0 saturated heterocycles. The van der Waals surface area contributed by atoms with E-state index < -0.39 is 0 Å². The molecule has 1 heterocycles. The third kappa shape index (κ3) is 8.88. The lowest BCUT2D eigenvalue weighted by Gasteiger charge is -2.16. The Morgan fingerprint density at radius 1 is 1.44 bits per heavy atom. The molecule has 0 spiro atoms. The van der Waals surface area contributed by atoms with Crippen LogP contribution < -0.4 is 16.8 Å². The number of ether oxygens (including phenoxy) is 1. The standard InChI is InChI=1S/C15H26N8OS/c1-23(14(18)20-11-16)8-5-3-4-6-12-10-25-15(21-12)22-13(17)19-7-9-24-2/h10H,3-9H2,1-2H3,(H2,18,20)(H3,17,19,21,22). The van der Waals surface area contributed by atoms with Crippen molar-refractivity contribution in [3.63, 3.8) is 0 Å². The van der Waals surface area contributed by atoms with Gasteiger partial charge < -0.3 is 26.4 Å². The molecular formula is C15H26N8OS. The number of nitrogens with zero attached hydrogens (tertiary/aromatic N) is 5. The van der Waals surface area contributed by atoms with Crippen LogP contribution >= 0.6 is 11.3 Å². The normalized spacial score (nSPS) is 12.0. The van der Waals surface area contributed by atoms with Crippen LogP contribution in [0.1, 0.15) is 25.0 Å². The predicted octanol–water partition coefficient (Wildman–Crippen LogP) is 0.956. The maximum atomic E-state index is 8.46. The maximum absolute atomic E-state index is 8.46. The monoisotopic (exact) mass is 366 g/mol. The van der Waals surface area contributed by atoms with Gasteiger partial charge in [0.2, 0.25) is 12.2 Å². The van der Waals surface area contributed by atoms with E-state index in [0.29, 0.717) is 19.1 Å². The van der Waals surface area contributed by atoms with Crippen LogP contribution in [0.3, 0.4) is 0 Å². The van der Waals surface area contributed by atoms with Crippen LogP contribution in [0.2, 0.25) is 0 Å². The van der Waals surface area contributed by atoms with Gasteiger partial charge in [-0.2, -0.15) is 5.26 Å². The van der Waals surface area contributed by atoms with Crippen molar-refractivity contribution in [2.24, 2.45) is 21.5 Å². The van der Waals surface area contributed by atoms with E-state index in [2.05, 4.69) is 20.3 Å². The third-order valence-electron chi connectivity index (χ3n) is 3.35. The highest BCUT2D eigenvalue weighted by Crippen LogP contribution is 2.17. The van der Waals surface area contributed by atoms with Gasteiger partial charge >= 0.3 is 0 Å². The Labute approximate surface area is 152 Å². The minimum Gasteiger partial charge on any atom is -0.383 e. The van der Waals surface area contributed by atoms with Crippen LogP contribution in [0.25, 0.3) is 0 Å². The fourth-order valence-corrected chi connectivity index (χ4v) is 2.72. The molecule has 0 aliphatic carbocycles. The summed E-state index contributed by atoms with van der Waals surface area (Å²) in [6.45, 7) is 1.83. The molecule has 0 unspecified atom stereocenters. The zero-order chi connectivity index (χ0) is 18.5. The molecule has 0 saturated carbocycles. The van der Waals surface area contributed by atoms with Crippen molar-refractivity contribution in [3.8, 4) is 6.19 Å².